The fourth-order valence-corrected chi connectivity index (χ4v) is 1.56. The number of hydrogen-bond donors (Lipinski definition) is 0. The van der Waals surface area contributed by atoms with Crippen molar-refractivity contribution in [2.45, 2.75) is 30.5 Å². The molecule has 0 radical (unpaired) electrons. The highest BCUT2D eigenvalue weighted by Gasteiger charge is 2.16. The highest BCUT2D eigenvalue weighted by atomic mass is 35.5. The zero-order valence-corrected chi connectivity index (χ0v) is 8.34. The van der Waals surface area contributed by atoms with Gasteiger partial charge in [0.2, 0.25) is 0 Å². The Morgan fingerprint density at radius 1 is 1.50 bits per heavy atom. The van der Waals surface area contributed by atoms with Gasteiger partial charge in [-0.2, -0.15) is 0 Å². The number of allylic oxidation sites excluding steroid dienone is 1. The van der Waals surface area contributed by atoms with Gasteiger partial charge in [0.1, 0.15) is 0 Å². The third-order valence-corrected chi connectivity index (χ3v) is 1.56. The highest BCUT2D eigenvalue weighted by Crippen LogP contribution is 2.23. The zero-order valence-electron chi connectivity index (χ0n) is 6.07. The Labute approximate surface area is 77.1 Å². The van der Waals surface area contributed by atoms with Crippen molar-refractivity contribution in [2.75, 3.05) is 0 Å². The number of hydrogen-bond acceptors (Lipinski definition) is 0. The van der Waals surface area contributed by atoms with Crippen molar-refractivity contribution in [1.82, 2.24) is 0 Å². The van der Waals surface area contributed by atoms with Gasteiger partial charge in [-0.05, 0) is 20.3 Å². The Bertz CT molecular complexity index is 113. The van der Waals surface area contributed by atoms with Crippen molar-refractivity contribution in [2.24, 2.45) is 0 Å². The van der Waals surface area contributed by atoms with Gasteiger partial charge in [-0.25, -0.2) is 0 Å². The Hall–Kier alpha value is 0.610. The van der Waals surface area contributed by atoms with Crippen LogP contribution >= 0.6 is 34.8 Å². The standard InChI is InChI=1S/C7H11Cl3/c1-7(2,10)5-6(9)3-4-8/h3-4,6H,5H2,1-2H3. The van der Waals surface area contributed by atoms with Gasteiger partial charge >= 0.3 is 0 Å². The summed E-state index contributed by atoms with van der Waals surface area (Å²) in [5, 5.41) is -0.0648. The second-order valence-corrected chi connectivity index (χ2v) is 4.59. The van der Waals surface area contributed by atoms with Crippen LogP contribution in [-0.2, 0) is 0 Å². The first-order valence-corrected chi connectivity index (χ1v) is 4.30. The molecule has 0 aliphatic heterocycles. The van der Waals surface area contributed by atoms with E-state index in [0.717, 1.165) is 6.42 Å². The molecule has 0 saturated heterocycles. The van der Waals surface area contributed by atoms with Crippen molar-refractivity contribution in [3.63, 3.8) is 0 Å². The topological polar surface area (TPSA) is 0 Å². The molecule has 0 saturated carbocycles. The van der Waals surface area contributed by atoms with E-state index in [9.17, 15) is 0 Å². The number of halogens is 3. The molecule has 3 heteroatoms. The van der Waals surface area contributed by atoms with Gasteiger partial charge in [-0.3, -0.25) is 0 Å². The van der Waals surface area contributed by atoms with Crippen LogP contribution in [0.4, 0.5) is 0 Å². The van der Waals surface area contributed by atoms with E-state index in [4.69, 9.17) is 34.8 Å². The minimum Gasteiger partial charge on any atom is -0.120 e. The molecule has 0 rings (SSSR count). The fourth-order valence-electron chi connectivity index (χ4n) is 0.611. The summed E-state index contributed by atoms with van der Waals surface area (Å²) in [6.07, 6.45) is 2.44. The molecule has 10 heavy (non-hydrogen) atoms. The largest absolute Gasteiger partial charge is 0.120 e. The van der Waals surface area contributed by atoms with Gasteiger partial charge in [-0.15, -0.1) is 23.2 Å². The van der Waals surface area contributed by atoms with Gasteiger partial charge < -0.3 is 0 Å². The van der Waals surface area contributed by atoms with Crippen LogP contribution < -0.4 is 0 Å². The molecule has 1 atom stereocenters. The van der Waals surface area contributed by atoms with Crippen LogP contribution in [0.25, 0.3) is 0 Å². The molecule has 0 spiro atoms. The quantitative estimate of drug-likeness (QED) is 0.610. The first-order chi connectivity index (χ1) is 4.45. The normalized spacial score (nSPS) is 16.1. The molecule has 1 unspecified atom stereocenters. The Balaban J connectivity index is 3.68. The molecule has 0 nitrogen and oxygen atoms in total. The molecule has 0 aliphatic rings. The average Bonchev–Trinajstić information content (AvgIpc) is 1.59. The summed E-state index contributed by atoms with van der Waals surface area (Å²) in [5.74, 6) is 0. The van der Waals surface area contributed by atoms with E-state index < -0.39 is 0 Å². The van der Waals surface area contributed by atoms with E-state index in [1.807, 2.05) is 13.8 Å². The Kier molecular flexibility index (Phi) is 4.75. The van der Waals surface area contributed by atoms with Crippen LogP contribution in [-0.4, -0.2) is 10.3 Å². The van der Waals surface area contributed by atoms with Crippen molar-refractivity contribution in [1.29, 1.82) is 0 Å². The molecule has 0 aromatic rings. The molecule has 0 amide bonds. The minimum absolute atomic E-state index is 0.0648. The predicted molar refractivity (Wildman–Crippen MR) is 49.2 cm³/mol. The average molecular weight is 202 g/mol. The van der Waals surface area contributed by atoms with E-state index >= 15 is 0 Å². The third kappa shape index (κ3) is 6.73. The highest BCUT2D eigenvalue weighted by molar-refractivity contribution is 6.28. The van der Waals surface area contributed by atoms with Crippen molar-refractivity contribution in [3.8, 4) is 0 Å². The van der Waals surface area contributed by atoms with Crippen LogP contribution in [0.1, 0.15) is 20.3 Å². The van der Waals surface area contributed by atoms with Crippen molar-refractivity contribution in [3.05, 3.63) is 11.6 Å². The smallest absolute Gasteiger partial charge is 0.0543 e. The van der Waals surface area contributed by atoms with Gasteiger partial charge in [0.15, 0.2) is 0 Å². The maximum absolute atomic E-state index is 5.90. The molecule has 0 aromatic carbocycles. The first-order valence-electron chi connectivity index (χ1n) is 3.05. The summed E-state index contributed by atoms with van der Waals surface area (Å²) in [5.41, 5.74) is 1.42. The predicted octanol–water partition coefficient (Wildman–Crippen LogP) is 3.75. The number of alkyl halides is 2. The van der Waals surface area contributed by atoms with Crippen LogP contribution in [0.5, 0.6) is 0 Å². The lowest BCUT2D eigenvalue weighted by Gasteiger charge is -2.16. The maximum Gasteiger partial charge on any atom is 0.0543 e. The van der Waals surface area contributed by atoms with Crippen molar-refractivity contribution >= 4 is 34.8 Å². The Morgan fingerprint density at radius 3 is 2.30 bits per heavy atom. The summed E-state index contributed by atoms with van der Waals surface area (Å²) >= 11 is 17.0. The first kappa shape index (κ1) is 10.6. The maximum atomic E-state index is 5.90. The summed E-state index contributed by atoms with van der Waals surface area (Å²) in [4.78, 5) is -0.247. The summed E-state index contributed by atoms with van der Waals surface area (Å²) in [6, 6.07) is 0. The van der Waals surface area contributed by atoms with Gasteiger partial charge in [0.25, 0.3) is 0 Å². The monoisotopic (exact) mass is 200 g/mol. The molecule has 60 valence electrons. The molecule has 0 aromatic heterocycles. The lowest BCUT2D eigenvalue weighted by Crippen LogP contribution is -2.15. The van der Waals surface area contributed by atoms with E-state index in [1.165, 1.54) is 5.54 Å². The van der Waals surface area contributed by atoms with Gasteiger partial charge in [0.05, 0.1) is 5.38 Å². The fraction of sp³-hybridized carbons (Fsp3) is 0.714. The molecule has 0 bridgehead atoms. The molecular formula is C7H11Cl3. The SMILES string of the molecule is CC(C)(Cl)CC(Cl)C=CCl. The molecule has 0 N–H and O–H groups in total. The van der Waals surface area contributed by atoms with Crippen LogP contribution in [0, 0.1) is 0 Å². The molecule has 0 heterocycles. The summed E-state index contributed by atoms with van der Waals surface area (Å²) < 4.78 is 0. The van der Waals surface area contributed by atoms with E-state index in [0.29, 0.717) is 0 Å². The third-order valence-electron chi connectivity index (χ3n) is 0.962. The zero-order chi connectivity index (χ0) is 8.20. The van der Waals surface area contributed by atoms with E-state index in [1.54, 1.807) is 6.08 Å². The molecular weight excluding hydrogens is 190 g/mol. The summed E-state index contributed by atoms with van der Waals surface area (Å²) in [6.45, 7) is 3.85. The minimum atomic E-state index is -0.247. The van der Waals surface area contributed by atoms with E-state index in [-0.39, 0.29) is 10.3 Å². The summed E-state index contributed by atoms with van der Waals surface area (Å²) in [7, 11) is 0. The van der Waals surface area contributed by atoms with Crippen LogP contribution in [0.3, 0.4) is 0 Å². The van der Waals surface area contributed by atoms with E-state index in [2.05, 4.69) is 0 Å². The van der Waals surface area contributed by atoms with Crippen LogP contribution in [0.2, 0.25) is 0 Å². The second-order valence-electron chi connectivity index (χ2n) is 2.76. The molecule has 0 aliphatic carbocycles. The van der Waals surface area contributed by atoms with Crippen LogP contribution in [0.15, 0.2) is 11.6 Å². The second kappa shape index (κ2) is 4.48. The number of rotatable bonds is 3. The Morgan fingerprint density at radius 2 is 2.00 bits per heavy atom. The van der Waals surface area contributed by atoms with Gasteiger partial charge in [0, 0.05) is 10.4 Å². The van der Waals surface area contributed by atoms with Gasteiger partial charge in [-0.1, -0.05) is 17.7 Å². The molecule has 0 fully saturated rings. The van der Waals surface area contributed by atoms with Crippen molar-refractivity contribution < 1.29 is 0 Å². The lowest BCUT2D eigenvalue weighted by molar-refractivity contribution is 0.641. The lowest BCUT2D eigenvalue weighted by atomic mass is 10.1.